The van der Waals surface area contributed by atoms with Crippen molar-refractivity contribution in [2.45, 2.75) is 26.4 Å². The summed E-state index contributed by atoms with van der Waals surface area (Å²) in [6, 6.07) is -0.532. The molecule has 0 aromatic heterocycles. The van der Waals surface area contributed by atoms with E-state index < -0.39 is 17.8 Å². The SMILES string of the molecule is CN(C)C(=O)NOC(=O)OC(C)(C)C. The van der Waals surface area contributed by atoms with Gasteiger partial charge in [0.2, 0.25) is 0 Å². The number of nitrogens with zero attached hydrogens (tertiary/aromatic N) is 1. The van der Waals surface area contributed by atoms with Crippen LogP contribution in [0.5, 0.6) is 0 Å². The molecule has 0 aliphatic rings. The molecule has 0 bridgehead atoms. The Hall–Kier alpha value is -1.46. The zero-order chi connectivity index (χ0) is 11.4. The average Bonchev–Trinajstić information content (AvgIpc) is 1.96. The fraction of sp³-hybridized carbons (Fsp3) is 0.750. The third kappa shape index (κ3) is 6.10. The Bertz CT molecular complexity index is 220. The number of nitrogens with one attached hydrogen (secondary N) is 1. The van der Waals surface area contributed by atoms with Crippen LogP contribution in [0.1, 0.15) is 20.8 Å². The van der Waals surface area contributed by atoms with E-state index in [1.165, 1.54) is 19.0 Å². The highest BCUT2D eigenvalue weighted by atomic mass is 16.8. The molecule has 0 aliphatic carbocycles. The molecule has 0 aromatic carbocycles. The number of carbonyl (C=O) groups excluding carboxylic acids is 2. The van der Waals surface area contributed by atoms with E-state index in [1.54, 1.807) is 20.8 Å². The second kappa shape index (κ2) is 4.69. The summed E-state index contributed by atoms with van der Waals surface area (Å²) >= 11 is 0. The predicted molar refractivity (Wildman–Crippen MR) is 49.5 cm³/mol. The zero-order valence-electron chi connectivity index (χ0n) is 9.08. The smallest absolute Gasteiger partial charge is 0.427 e. The summed E-state index contributed by atoms with van der Waals surface area (Å²) in [4.78, 5) is 27.4. The van der Waals surface area contributed by atoms with Crippen molar-refractivity contribution < 1.29 is 19.2 Å². The van der Waals surface area contributed by atoms with Crippen molar-refractivity contribution >= 4 is 12.2 Å². The summed E-state index contributed by atoms with van der Waals surface area (Å²) in [7, 11) is 3.04. The number of carbonyl (C=O) groups is 2. The lowest BCUT2D eigenvalue weighted by Gasteiger charge is -2.19. The number of ether oxygens (including phenoxy) is 1. The van der Waals surface area contributed by atoms with Crippen molar-refractivity contribution in [1.29, 1.82) is 0 Å². The molecule has 0 atom stereocenters. The van der Waals surface area contributed by atoms with Crippen LogP contribution >= 0.6 is 0 Å². The quantitative estimate of drug-likeness (QED) is 0.474. The first kappa shape index (κ1) is 12.5. The summed E-state index contributed by atoms with van der Waals surface area (Å²) in [5.41, 5.74) is 1.28. The van der Waals surface area contributed by atoms with E-state index >= 15 is 0 Å². The van der Waals surface area contributed by atoms with Crippen molar-refractivity contribution in [2.75, 3.05) is 14.1 Å². The number of hydrogen-bond donors (Lipinski definition) is 1. The largest absolute Gasteiger partial charge is 0.533 e. The Labute approximate surface area is 83.1 Å². The number of amides is 2. The van der Waals surface area contributed by atoms with Crippen molar-refractivity contribution in [3.8, 4) is 0 Å². The van der Waals surface area contributed by atoms with Crippen LogP contribution in [0.2, 0.25) is 0 Å². The van der Waals surface area contributed by atoms with E-state index in [4.69, 9.17) is 4.74 Å². The molecule has 0 radical (unpaired) electrons. The van der Waals surface area contributed by atoms with Crippen LogP contribution in [0.4, 0.5) is 9.59 Å². The van der Waals surface area contributed by atoms with Gasteiger partial charge in [-0.15, -0.1) is 0 Å². The average molecular weight is 204 g/mol. The van der Waals surface area contributed by atoms with Crippen molar-refractivity contribution in [3.63, 3.8) is 0 Å². The Morgan fingerprint density at radius 3 is 2.07 bits per heavy atom. The van der Waals surface area contributed by atoms with E-state index in [-0.39, 0.29) is 0 Å². The normalized spacial score (nSPS) is 10.4. The molecule has 0 heterocycles. The first-order valence-electron chi connectivity index (χ1n) is 4.09. The standard InChI is InChI=1S/C8H16N2O4/c1-8(2,3)13-7(12)14-9-6(11)10(4)5/h1-5H3,(H,9,11). The van der Waals surface area contributed by atoms with E-state index in [1.807, 2.05) is 5.48 Å². The Morgan fingerprint density at radius 2 is 1.71 bits per heavy atom. The fourth-order valence-electron chi connectivity index (χ4n) is 0.447. The maximum absolute atomic E-state index is 10.9. The highest BCUT2D eigenvalue weighted by molar-refractivity contribution is 5.74. The monoisotopic (exact) mass is 204 g/mol. The molecule has 0 aliphatic heterocycles. The van der Waals surface area contributed by atoms with E-state index in [2.05, 4.69) is 4.84 Å². The molecule has 0 saturated carbocycles. The molecule has 82 valence electrons. The van der Waals surface area contributed by atoms with Gasteiger partial charge in [-0.2, -0.15) is 5.48 Å². The third-order valence-electron chi connectivity index (χ3n) is 1.02. The van der Waals surface area contributed by atoms with Gasteiger partial charge in [0, 0.05) is 14.1 Å². The molecule has 0 rings (SSSR count). The van der Waals surface area contributed by atoms with Crippen LogP contribution in [0.3, 0.4) is 0 Å². The lowest BCUT2D eigenvalue weighted by molar-refractivity contribution is -0.0261. The molecule has 0 fully saturated rings. The van der Waals surface area contributed by atoms with Gasteiger partial charge in [-0.3, -0.25) is 0 Å². The number of urea groups is 1. The summed E-state index contributed by atoms with van der Waals surface area (Å²) < 4.78 is 4.77. The molecule has 0 saturated heterocycles. The predicted octanol–water partition coefficient (Wildman–Crippen LogP) is 1.12. The second-order valence-corrected chi connectivity index (χ2v) is 3.87. The number of hydrogen-bond acceptors (Lipinski definition) is 4. The minimum absolute atomic E-state index is 0.532. The Balaban J connectivity index is 3.81. The highest BCUT2D eigenvalue weighted by Crippen LogP contribution is 2.07. The fourth-order valence-corrected chi connectivity index (χ4v) is 0.447. The maximum atomic E-state index is 10.9. The van der Waals surface area contributed by atoms with E-state index in [0.717, 1.165) is 0 Å². The van der Waals surface area contributed by atoms with Crippen LogP contribution in [0.15, 0.2) is 0 Å². The molecule has 1 N–H and O–H groups in total. The van der Waals surface area contributed by atoms with Crippen molar-refractivity contribution in [3.05, 3.63) is 0 Å². The summed E-state index contributed by atoms with van der Waals surface area (Å²) in [6.07, 6.45) is -0.937. The Morgan fingerprint density at radius 1 is 1.21 bits per heavy atom. The van der Waals surface area contributed by atoms with E-state index in [9.17, 15) is 9.59 Å². The summed E-state index contributed by atoms with van der Waals surface area (Å²) in [5.74, 6) is 0. The molecule has 14 heavy (non-hydrogen) atoms. The van der Waals surface area contributed by atoms with Crippen LogP contribution in [-0.4, -0.2) is 36.8 Å². The van der Waals surface area contributed by atoms with Crippen molar-refractivity contribution in [2.24, 2.45) is 0 Å². The first-order chi connectivity index (χ1) is 6.22. The maximum Gasteiger partial charge on any atom is 0.533 e. The lowest BCUT2D eigenvalue weighted by atomic mass is 10.2. The van der Waals surface area contributed by atoms with Gasteiger partial charge in [-0.05, 0) is 20.8 Å². The molecule has 0 aromatic rings. The minimum Gasteiger partial charge on any atom is -0.427 e. The summed E-state index contributed by atoms with van der Waals surface area (Å²) in [6.45, 7) is 5.09. The van der Waals surface area contributed by atoms with Crippen LogP contribution in [0, 0.1) is 0 Å². The minimum atomic E-state index is -0.937. The lowest BCUT2D eigenvalue weighted by Crippen LogP contribution is -2.37. The number of hydroxylamine groups is 1. The van der Waals surface area contributed by atoms with Gasteiger partial charge in [0.25, 0.3) is 0 Å². The van der Waals surface area contributed by atoms with Gasteiger partial charge in [-0.1, -0.05) is 0 Å². The molecular weight excluding hydrogens is 188 g/mol. The van der Waals surface area contributed by atoms with Crippen LogP contribution in [0.25, 0.3) is 0 Å². The molecule has 6 heteroatoms. The number of rotatable bonds is 0. The third-order valence-corrected chi connectivity index (χ3v) is 1.02. The van der Waals surface area contributed by atoms with Gasteiger partial charge in [-0.25, -0.2) is 9.59 Å². The van der Waals surface area contributed by atoms with Gasteiger partial charge < -0.3 is 14.5 Å². The molecular formula is C8H16N2O4. The van der Waals surface area contributed by atoms with Gasteiger partial charge in [0.15, 0.2) is 0 Å². The van der Waals surface area contributed by atoms with E-state index in [0.29, 0.717) is 0 Å². The Kier molecular flexibility index (Phi) is 4.20. The van der Waals surface area contributed by atoms with Crippen molar-refractivity contribution in [1.82, 2.24) is 10.4 Å². The highest BCUT2D eigenvalue weighted by Gasteiger charge is 2.18. The molecule has 0 spiro atoms. The molecule has 0 unspecified atom stereocenters. The van der Waals surface area contributed by atoms with Crippen LogP contribution < -0.4 is 5.48 Å². The zero-order valence-corrected chi connectivity index (χ0v) is 9.08. The first-order valence-corrected chi connectivity index (χ1v) is 4.09. The topological polar surface area (TPSA) is 67.9 Å². The van der Waals surface area contributed by atoms with Gasteiger partial charge in [0.1, 0.15) is 5.60 Å². The molecule has 2 amide bonds. The van der Waals surface area contributed by atoms with Gasteiger partial charge >= 0.3 is 12.2 Å². The van der Waals surface area contributed by atoms with Crippen LogP contribution in [-0.2, 0) is 9.57 Å². The van der Waals surface area contributed by atoms with Gasteiger partial charge in [0.05, 0.1) is 0 Å². The second-order valence-electron chi connectivity index (χ2n) is 3.87. The summed E-state index contributed by atoms with van der Waals surface area (Å²) in [5, 5.41) is 0. The molecule has 6 nitrogen and oxygen atoms in total.